The lowest BCUT2D eigenvalue weighted by Crippen LogP contribution is -2.50. The second kappa shape index (κ2) is 6.15. The van der Waals surface area contributed by atoms with Gasteiger partial charge in [0.2, 0.25) is 0 Å². The molecule has 2 atom stereocenters. The van der Waals surface area contributed by atoms with E-state index in [0.29, 0.717) is 5.92 Å². The minimum atomic E-state index is 0.622. The monoisotopic (exact) mass is 273 g/mol. The van der Waals surface area contributed by atoms with E-state index >= 15 is 0 Å². The lowest BCUT2D eigenvalue weighted by molar-refractivity contribution is 0.102. The smallest absolute Gasteiger partial charge is 0.0314 e. The van der Waals surface area contributed by atoms with Crippen molar-refractivity contribution in [1.29, 1.82) is 0 Å². The fourth-order valence-electron chi connectivity index (χ4n) is 3.63. The zero-order chi connectivity index (χ0) is 13.9. The summed E-state index contributed by atoms with van der Waals surface area (Å²) in [6.45, 7) is 8.72. The first-order valence-electron chi connectivity index (χ1n) is 8.04. The highest BCUT2D eigenvalue weighted by Gasteiger charge is 2.30. The van der Waals surface area contributed by atoms with Gasteiger partial charge < -0.3 is 10.6 Å². The molecule has 2 N–H and O–H groups in total. The summed E-state index contributed by atoms with van der Waals surface area (Å²) in [4.78, 5) is 5.35. The number of nitrogen functional groups attached to an aromatic ring is 1. The Morgan fingerprint density at radius 1 is 1.20 bits per heavy atom. The molecule has 0 spiro atoms. The largest absolute Gasteiger partial charge is 0.399 e. The van der Waals surface area contributed by atoms with Crippen LogP contribution in [0.15, 0.2) is 24.3 Å². The van der Waals surface area contributed by atoms with Crippen molar-refractivity contribution < 1.29 is 0 Å². The quantitative estimate of drug-likeness (QED) is 0.856. The summed E-state index contributed by atoms with van der Waals surface area (Å²) < 4.78 is 0. The van der Waals surface area contributed by atoms with Gasteiger partial charge in [0.15, 0.2) is 0 Å². The first-order chi connectivity index (χ1) is 9.72. The number of rotatable bonds is 4. The van der Waals surface area contributed by atoms with Crippen molar-refractivity contribution in [3.05, 3.63) is 29.8 Å². The summed E-state index contributed by atoms with van der Waals surface area (Å²) in [7, 11) is 0. The first kappa shape index (κ1) is 13.9. The molecule has 0 aliphatic carbocycles. The van der Waals surface area contributed by atoms with E-state index in [2.05, 4.69) is 28.9 Å². The lowest BCUT2D eigenvalue weighted by Gasteiger charge is -2.37. The van der Waals surface area contributed by atoms with Crippen LogP contribution in [-0.4, -0.2) is 48.6 Å². The first-order valence-corrected chi connectivity index (χ1v) is 8.04. The van der Waals surface area contributed by atoms with Crippen LogP contribution in [-0.2, 0) is 0 Å². The van der Waals surface area contributed by atoms with Crippen molar-refractivity contribution in [1.82, 2.24) is 9.80 Å². The molecule has 0 radical (unpaired) electrons. The molecule has 2 fully saturated rings. The number of nitrogens with two attached hydrogens (primary N) is 1. The van der Waals surface area contributed by atoms with Crippen molar-refractivity contribution in [2.24, 2.45) is 0 Å². The summed E-state index contributed by atoms with van der Waals surface area (Å²) in [5.74, 6) is 0.622. The van der Waals surface area contributed by atoms with Crippen LogP contribution in [0.4, 0.5) is 5.69 Å². The third-order valence-electron chi connectivity index (χ3n) is 5.06. The van der Waals surface area contributed by atoms with E-state index in [1.165, 1.54) is 57.5 Å². The molecule has 2 aliphatic rings. The highest BCUT2D eigenvalue weighted by Crippen LogP contribution is 2.24. The minimum absolute atomic E-state index is 0.622. The Balaban J connectivity index is 1.48. The highest BCUT2D eigenvalue weighted by molar-refractivity contribution is 5.40. The van der Waals surface area contributed by atoms with Crippen LogP contribution in [0.5, 0.6) is 0 Å². The van der Waals surface area contributed by atoms with Gasteiger partial charge in [-0.2, -0.15) is 0 Å². The predicted molar refractivity (Wildman–Crippen MR) is 84.9 cm³/mol. The number of benzene rings is 1. The number of hydrogen-bond acceptors (Lipinski definition) is 3. The Kier molecular flexibility index (Phi) is 4.27. The van der Waals surface area contributed by atoms with E-state index in [-0.39, 0.29) is 0 Å². The van der Waals surface area contributed by atoms with E-state index < -0.39 is 0 Å². The summed E-state index contributed by atoms with van der Waals surface area (Å²) in [6.07, 6.45) is 4.06. The fraction of sp³-hybridized carbons (Fsp3) is 0.647. The van der Waals surface area contributed by atoms with Gasteiger partial charge in [0.1, 0.15) is 0 Å². The predicted octanol–water partition coefficient (Wildman–Crippen LogP) is 2.54. The van der Waals surface area contributed by atoms with Crippen LogP contribution in [0.1, 0.15) is 37.7 Å². The average molecular weight is 273 g/mol. The molecule has 1 aromatic rings. The molecule has 0 saturated carbocycles. The van der Waals surface area contributed by atoms with Crippen molar-refractivity contribution in [3.63, 3.8) is 0 Å². The van der Waals surface area contributed by atoms with Gasteiger partial charge in [0.25, 0.3) is 0 Å². The van der Waals surface area contributed by atoms with E-state index in [9.17, 15) is 0 Å². The van der Waals surface area contributed by atoms with Crippen LogP contribution in [0.25, 0.3) is 0 Å². The Morgan fingerprint density at radius 2 is 2.00 bits per heavy atom. The summed E-state index contributed by atoms with van der Waals surface area (Å²) in [6, 6.07) is 9.23. The summed E-state index contributed by atoms with van der Waals surface area (Å²) >= 11 is 0. The van der Waals surface area contributed by atoms with Gasteiger partial charge >= 0.3 is 0 Å². The molecule has 3 rings (SSSR count). The van der Waals surface area contributed by atoms with Crippen molar-refractivity contribution >= 4 is 5.69 Å². The van der Waals surface area contributed by atoms with Gasteiger partial charge in [-0.1, -0.05) is 19.1 Å². The molecule has 2 unspecified atom stereocenters. The third-order valence-corrected chi connectivity index (χ3v) is 5.06. The Bertz CT molecular complexity index is 428. The molecular weight excluding hydrogens is 246 g/mol. The molecular formula is C17H27N3. The van der Waals surface area contributed by atoms with Crippen LogP contribution < -0.4 is 5.73 Å². The molecule has 0 bridgehead atoms. The van der Waals surface area contributed by atoms with E-state index in [1.54, 1.807) is 0 Å². The van der Waals surface area contributed by atoms with Gasteiger partial charge in [0, 0.05) is 31.4 Å². The summed E-state index contributed by atoms with van der Waals surface area (Å²) in [5, 5.41) is 0. The maximum absolute atomic E-state index is 5.75. The van der Waals surface area contributed by atoms with Crippen LogP contribution in [0.3, 0.4) is 0 Å². The van der Waals surface area contributed by atoms with Crippen molar-refractivity contribution in [2.75, 3.05) is 38.5 Å². The molecule has 20 heavy (non-hydrogen) atoms. The highest BCUT2D eigenvalue weighted by atomic mass is 15.3. The average Bonchev–Trinajstić information content (AvgIpc) is 2.93. The molecule has 3 heteroatoms. The Morgan fingerprint density at radius 3 is 2.80 bits per heavy atom. The minimum Gasteiger partial charge on any atom is -0.399 e. The molecule has 110 valence electrons. The number of fused-ring (bicyclic) bond motifs is 1. The molecule has 3 nitrogen and oxygen atoms in total. The van der Waals surface area contributed by atoms with E-state index in [4.69, 9.17) is 5.73 Å². The van der Waals surface area contributed by atoms with E-state index in [1.807, 2.05) is 12.1 Å². The maximum atomic E-state index is 5.75. The van der Waals surface area contributed by atoms with Gasteiger partial charge in [-0.05, 0) is 56.0 Å². The zero-order valence-electron chi connectivity index (χ0n) is 12.6. The fourth-order valence-corrected chi connectivity index (χ4v) is 3.63. The number of piperazine rings is 1. The standard InChI is InChI=1S/C17H27N3/c1-14(15-4-6-16(18)7-5-15)8-10-19-11-12-20-9-2-3-17(20)13-19/h4-7,14,17H,2-3,8-13,18H2,1H3. The molecule has 2 heterocycles. The summed E-state index contributed by atoms with van der Waals surface area (Å²) in [5.41, 5.74) is 8.03. The lowest BCUT2D eigenvalue weighted by atomic mass is 9.97. The second-order valence-corrected chi connectivity index (χ2v) is 6.49. The van der Waals surface area contributed by atoms with Gasteiger partial charge in [-0.15, -0.1) is 0 Å². The molecule has 1 aromatic carbocycles. The Labute approximate surface area is 122 Å². The van der Waals surface area contributed by atoms with Crippen LogP contribution >= 0.6 is 0 Å². The van der Waals surface area contributed by atoms with Crippen molar-refractivity contribution in [3.8, 4) is 0 Å². The number of hydrogen-bond donors (Lipinski definition) is 1. The van der Waals surface area contributed by atoms with Gasteiger partial charge in [0.05, 0.1) is 0 Å². The topological polar surface area (TPSA) is 32.5 Å². The second-order valence-electron chi connectivity index (χ2n) is 6.49. The third kappa shape index (κ3) is 3.15. The normalized spacial score (nSPS) is 25.6. The number of nitrogens with zero attached hydrogens (tertiary/aromatic N) is 2. The van der Waals surface area contributed by atoms with Gasteiger partial charge in [-0.3, -0.25) is 4.90 Å². The zero-order valence-corrected chi connectivity index (χ0v) is 12.6. The number of anilines is 1. The van der Waals surface area contributed by atoms with Crippen LogP contribution in [0, 0.1) is 0 Å². The van der Waals surface area contributed by atoms with E-state index in [0.717, 1.165) is 11.7 Å². The SMILES string of the molecule is CC(CCN1CCN2CCCC2C1)c1ccc(N)cc1. The van der Waals surface area contributed by atoms with Crippen molar-refractivity contribution in [2.45, 2.75) is 38.1 Å². The maximum Gasteiger partial charge on any atom is 0.0314 e. The van der Waals surface area contributed by atoms with Gasteiger partial charge in [-0.25, -0.2) is 0 Å². The molecule has 0 amide bonds. The molecule has 0 aromatic heterocycles. The Hall–Kier alpha value is -1.06. The molecule has 2 saturated heterocycles. The molecule has 2 aliphatic heterocycles. The van der Waals surface area contributed by atoms with Crippen LogP contribution in [0.2, 0.25) is 0 Å².